The van der Waals surface area contributed by atoms with E-state index in [9.17, 15) is 9.50 Å². The molecule has 102 valence electrons. The minimum atomic E-state index is -0.773. The van der Waals surface area contributed by atoms with Crippen LogP contribution in [0.5, 0.6) is 11.5 Å². The average molecular weight is 271 g/mol. The van der Waals surface area contributed by atoms with Gasteiger partial charge in [0.15, 0.2) is 11.6 Å². The van der Waals surface area contributed by atoms with Crippen molar-refractivity contribution in [2.45, 2.75) is 20.0 Å². The Morgan fingerprint density at radius 2 is 2.00 bits per heavy atom. The standard InChI is InChI=1S/C16H14FNO2/c1-10-4-3-5-14(16(10)17)20-15-8-12(9-18)6-7-13(15)11(2)19/h3-8,11,19H,1-2H3. The topological polar surface area (TPSA) is 53.2 Å². The van der Waals surface area contributed by atoms with Crippen molar-refractivity contribution in [1.29, 1.82) is 5.26 Å². The molecule has 0 aromatic heterocycles. The molecule has 2 aromatic carbocycles. The molecule has 4 heteroatoms. The second kappa shape index (κ2) is 5.72. The average Bonchev–Trinajstić information content (AvgIpc) is 2.43. The third-order valence-electron chi connectivity index (χ3n) is 2.97. The Bertz CT molecular complexity index is 675. The maximum Gasteiger partial charge on any atom is 0.168 e. The van der Waals surface area contributed by atoms with Crippen LogP contribution in [0.4, 0.5) is 4.39 Å². The third kappa shape index (κ3) is 2.79. The van der Waals surface area contributed by atoms with Gasteiger partial charge in [0.2, 0.25) is 0 Å². The first-order valence-corrected chi connectivity index (χ1v) is 6.18. The predicted octanol–water partition coefficient (Wildman–Crippen LogP) is 3.85. The van der Waals surface area contributed by atoms with E-state index in [-0.39, 0.29) is 11.5 Å². The summed E-state index contributed by atoms with van der Waals surface area (Å²) < 4.78 is 19.5. The predicted molar refractivity (Wildman–Crippen MR) is 73.0 cm³/mol. The number of benzene rings is 2. The summed E-state index contributed by atoms with van der Waals surface area (Å²) >= 11 is 0. The van der Waals surface area contributed by atoms with Crippen LogP contribution in [0.25, 0.3) is 0 Å². The number of ether oxygens (including phenoxy) is 1. The molecule has 1 N–H and O–H groups in total. The van der Waals surface area contributed by atoms with Crippen molar-refractivity contribution >= 4 is 0 Å². The zero-order valence-electron chi connectivity index (χ0n) is 11.2. The van der Waals surface area contributed by atoms with Gasteiger partial charge in [-0.15, -0.1) is 0 Å². The molecule has 0 saturated heterocycles. The van der Waals surface area contributed by atoms with E-state index in [4.69, 9.17) is 10.00 Å². The lowest BCUT2D eigenvalue weighted by atomic mass is 10.1. The van der Waals surface area contributed by atoms with Gasteiger partial charge in [0.05, 0.1) is 17.7 Å². The molecule has 0 aliphatic heterocycles. The fourth-order valence-corrected chi connectivity index (χ4v) is 1.86. The summed E-state index contributed by atoms with van der Waals surface area (Å²) in [6, 6.07) is 11.5. The SMILES string of the molecule is Cc1cccc(Oc2cc(C#N)ccc2C(C)O)c1F. The van der Waals surface area contributed by atoms with Gasteiger partial charge in [-0.2, -0.15) is 5.26 Å². The first-order valence-electron chi connectivity index (χ1n) is 6.18. The van der Waals surface area contributed by atoms with Crippen molar-refractivity contribution in [2.75, 3.05) is 0 Å². The number of rotatable bonds is 3. The van der Waals surface area contributed by atoms with Gasteiger partial charge in [-0.1, -0.05) is 18.2 Å². The van der Waals surface area contributed by atoms with Crippen LogP contribution in [0.15, 0.2) is 36.4 Å². The largest absolute Gasteiger partial charge is 0.454 e. The second-order valence-corrected chi connectivity index (χ2v) is 4.53. The van der Waals surface area contributed by atoms with E-state index in [1.165, 1.54) is 12.1 Å². The molecule has 0 spiro atoms. The molecular weight excluding hydrogens is 257 g/mol. The lowest BCUT2D eigenvalue weighted by Gasteiger charge is -2.14. The summed E-state index contributed by atoms with van der Waals surface area (Å²) in [6.45, 7) is 3.23. The molecule has 0 saturated carbocycles. The highest BCUT2D eigenvalue weighted by Crippen LogP contribution is 2.32. The van der Waals surface area contributed by atoms with Gasteiger partial charge in [0, 0.05) is 5.56 Å². The van der Waals surface area contributed by atoms with Crippen molar-refractivity contribution in [3.05, 3.63) is 58.9 Å². The van der Waals surface area contributed by atoms with Gasteiger partial charge in [0.1, 0.15) is 5.75 Å². The van der Waals surface area contributed by atoms with E-state index in [0.29, 0.717) is 16.7 Å². The molecule has 1 atom stereocenters. The monoisotopic (exact) mass is 271 g/mol. The molecule has 0 heterocycles. The molecule has 20 heavy (non-hydrogen) atoms. The fraction of sp³-hybridized carbons (Fsp3) is 0.188. The molecule has 2 rings (SSSR count). The summed E-state index contributed by atoms with van der Waals surface area (Å²) in [5.74, 6) is -0.100. The van der Waals surface area contributed by atoms with E-state index in [2.05, 4.69) is 0 Å². The number of hydrogen-bond acceptors (Lipinski definition) is 3. The van der Waals surface area contributed by atoms with E-state index in [0.717, 1.165) is 0 Å². The maximum atomic E-state index is 14.0. The smallest absolute Gasteiger partial charge is 0.168 e. The van der Waals surface area contributed by atoms with Crippen molar-refractivity contribution in [2.24, 2.45) is 0 Å². The number of aliphatic hydroxyl groups excluding tert-OH is 1. The Balaban J connectivity index is 2.46. The van der Waals surface area contributed by atoms with Crippen LogP contribution in [0, 0.1) is 24.1 Å². The van der Waals surface area contributed by atoms with Crippen LogP contribution in [0.1, 0.15) is 29.7 Å². The lowest BCUT2D eigenvalue weighted by Crippen LogP contribution is -1.98. The van der Waals surface area contributed by atoms with Crippen LogP contribution in [0.3, 0.4) is 0 Å². The molecular formula is C16H14FNO2. The minimum Gasteiger partial charge on any atom is -0.454 e. The highest BCUT2D eigenvalue weighted by Gasteiger charge is 2.14. The number of nitrogens with zero attached hydrogens (tertiary/aromatic N) is 1. The van der Waals surface area contributed by atoms with Crippen molar-refractivity contribution in [3.8, 4) is 17.6 Å². The van der Waals surface area contributed by atoms with Gasteiger partial charge < -0.3 is 9.84 Å². The van der Waals surface area contributed by atoms with E-state index in [1.54, 1.807) is 38.1 Å². The summed E-state index contributed by atoms with van der Waals surface area (Å²) in [5.41, 5.74) is 1.36. The quantitative estimate of drug-likeness (QED) is 0.922. The summed E-state index contributed by atoms with van der Waals surface area (Å²) in [5, 5.41) is 18.6. The highest BCUT2D eigenvalue weighted by atomic mass is 19.1. The molecule has 0 fully saturated rings. The van der Waals surface area contributed by atoms with Crippen LogP contribution in [-0.4, -0.2) is 5.11 Å². The van der Waals surface area contributed by atoms with E-state index < -0.39 is 11.9 Å². The minimum absolute atomic E-state index is 0.0713. The first kappa shape index (κ1) is 14.0. The van der Waals surface area contributed by atoms with Crippen LogP contribution in [0.2, 0.25) is 0 Å². The number of nitriles is 1. The molecule has 1 unspecified atom stereocenters. The lowest BCUT2D eigenvalue weighted by molar-refractivity contribution is 0.195. The van der Waals surface area contributed by atoms with Crippen molar-refractivity contribution in [1.82, 2.24) is 0 Å². The van der Waals surface area contributed by atoms with E-state index in [1.807, 2.05) is 6.07 Å². The zero-order valence-corrected chi connectivity index (χ0v) is 11.2. The van der Waals surface area contributed by atoms with Gasteiger partial charge >= 0.3 is 0 Å². The van der Waals surface area contributed by atoms with Gasteiger partial charge in [-0.3, -0.25) is 0 Å². The molecule has 0 radical (unpaired) electrons. The van der Waals surface area contributed by atoms with Crippen molar-refractivity contribution in [3.63, 3.8) is 0 Å². The zero-order chi connectivity index (χ0) is 14.7. The Kier molecular flexibility index (Phi) is 4.02. The number of aliphatic hydroxyl groups is 1. The summed E-state index contributed by atoms with van der Waals surface area (Å²) in [4.78, 5) is 0. The third-order valence-corrected chi connectivity index (χ3v) is 2.97. The van der Waals surface area contributed by atoms with Crippen molar-refractivity contribution < 1.29 is 14.2 Å². The Morgan fingerprint density at radius 3 is 2.65 bits per heavy atom. The normalized spacial score (nSPS) is 11.8. The van der Waals surface area contributed by atoms with Gasteiger partial charge in [-0.25, -0.2) is 4.39 Å². The van der Waals surface area contributed by atoms with Crippen LogP contribution >= 0.6 is 0 Å². The Labute approximate surface area is 116 Å². The Morgan fingerprint density at radius 1 is 1.25 bits per heavy atom. The summed E-state index contributed by atoms with van der Waals surface area (Å²) in [7, 11) is 0. The van der Waals surface area contributed by atoms with Gasteiger partial charge in [0.25, 0.3) is 0 Å². The van der Waals surface area contributed by atoms with Crippen LogP contribution < -0.4 is 4.74 Å². The number of halogens is 1. The van der Waals surface area contributed by atoms with Crippen LogP contribution in [-0.2, 0) is 0 Å². The molecule has 0 aliphatic rings. The molecule has 3 nitrogen and oxygen atoms in total. The summed E-state index contributed by atoms with van der Waals surface area (Å²) in [6.07, 6.45) is -0.773. The molecule has 0 bridgehead atoms. The van der Waals surface area contributed by atoms with Gasteiger partial charge in [-0.05, 0) is 37.6 Å². The molecule has 0 aliphatic carbocycles. The highest BCUT2D eigenvalue weighted by molar-refractivity contribution is 5.46. The number of aryl methyl sites for hydroxylation is 1. The Hall–Kier alpha value is -2.38. The number of hydrogen-bond donors (Lipinski definition) is 1. The molecule has 0 amide bonds. The first-order chi connectivity index (χ1) is 9.52. The van der Waals surface area contributed by atoms with E-state index >= 15 is 0 Å². The maximum absolute atomic E-state index is 14.0. The molecule has 2 aromatic rings. The second-order valence-electron chi connectivity index (χ2n) is 4.53. The fourth-order valence-electron chi connectivity index (χ4n) is 1.86.